The number of hydrogen-bond acceptors (Lipinski definition) is 4. The van der Waals surface area contributed by atoms with Crippen LogP contribution >= 0.6 is 0 Å². The van der Waals surface area contributed by atoms with Crippen LogP contribution in [0.4, 0.5) is 5.69 Å². The van der Waals surface area contributed by atoms with Crippen molar-refractivity contribution in [1.29, 1.82) is 0 Å². The van der Waals surface area contributed by atoms with Crippen LogP contribution in [-0.4, -0.2) is 38.7 Å². The highest BCUT2D eigenvalue weighted by Gasteiger charge is 2.40. The maximum Gasteiger partial charge on any atom is 0.251 e. The second-order valence-corrected chi connectivity index (χ2v) is 10.5. The number of nitrogens with two attached hydrogens (primary N) is 1. The van der Waals surface area contributed by atoms with Crippen LogP contribution in [0.3, 0.4) is 0 Å². The van der Waals surface area contributed by atoms with E-state index in [1.54, 1.807) is 12.1 Å². The first-order chi connectivity index (χ1) is 12.7. The monoisotopic (exact) mass is 391 g/mol. The van der Waals surface area contributed by atoms with Crippen LogP contribution in [0, 0.1) is 11.8 Å². The number of nitrogens with zero attached hydrogens (tertiary/aromatic N) is 1. The Labute approximate surface area is 161 Å². The maximum absolute atomic E-state index is 12.9. The minimum Gasteiger partial charge on any atom is -0.349 e. The quantitative estimate of drug-likeness (QED) is 0.825. The van der Waals surface area contributed by atoms with Crippen molar-refractivity contribution in [1.82, 2.24) is 5.32 Å². The number of fused-ring (bicyclic) bond motifs is 3. The predicted octanol–water partition coefficient (Wildman–Crippen LogP) is 2.03. The molecule has 2 saturated carbocycles. The molecule has 0 saturated heterocycles. The van der Waals surface area contributed by atoms with E-state index in [1.165, 1.54) is 17.0 Å². The summed E-state index contributed by atoms with van der Waals surface area (Å²) in [5.74, 6) is 0.902. The Bertz CT molecular complexity index is 840. The zero-order valence-electron chi connectivity index (χ0n) is 16.0. The third-order valence-corrected chi connectivity index (χ3v) is 7.80. The number of carbonyl (C=O) groups excluding carboxylic acids is 1. The van der Waals surface area contributed by atoms with Gasteiger partial charge in [0.05, 0.1) is 11.9 Å². The molecule has 4 rings (SSSR count). The van der Waals surface area contributed by atoms with Gasteiger partial charge in [0, 0.05) is 23.7 Å². The Hall–Kier alpha value is -1.60. The minimum atomic E-state index is -3.32. The largest absolute Gasteiger partial charge is 0.349 e. The van der Waals surface area contributed by atoms with Crippen molar-refractivity contribution in [2.24, 2.45) is 17.6 Å². The summed E-state index contributed by atoms with van der Waals surface area (Å²) >= 11 is 0. The van der Waals surface area contributed by atoms with Crippen LogP contribution in [0.15, 0.2) is 18.2 Å². The molecule has 148 valence electrons. The van der Waals surface area contributed by atoms with Crippen LogP contribution < -0.4 is 15.4 Å². The number of nitrogens with one attached hydrogen (secondary N) is 1. The first kappa shape index (κ1) is 18.7. The topological polar surface area (TPSA) is 92.5 Å². The summed E-state index contributed by atoms with van der Waals surface area (Å²) in [5, 5.41) is 3.28. The van der Waals surface area contributed by atoms with Crippen LogP contribution in [0.2, 0.25) is 0 Å². The van der Waals surface area contributed by atoms with Gasteiger partial charge in [-0.2, -0.15) is 0 Å². The molecule has 3 atom stereocenters. The fourth-order valence-corrected chi connectivity index (χ4v) is 6.77. The molecular formula is C20H29N3O3S. The highest BCUT2D eigenvalue weighted by atomic mass is 32.2. The van der Waals surface area contributed by atoms with E-state index in [1.807, 2.05) is 13.0 Å². The highest BCUT2D eigenvalue weighted by molar-refractivity contribution is 7.92. The molecule has 6 nitrogen and oxygen atoms in total. The van der Waals surface area contributed by atoms with Gasteiger partial charge >= 0.3 is 0 Å². The molecule has 7 heteroatoms. The highest BCUT2D eigenvalue weighted by Crippen LogP contribution is 2.40. The molecule has 3 unspecified atom stereocenters. The van der Waals surface area contributed by atoms with Gasteiger partial charge in [0.25, 0.3) is 5.91 Å². The molecule has 0 spiro atoms. The molecule has 2 fully saturated rings. The van der Waals surface area contributed by atoms with Gasteiger partial charge in [0.2, 0.25) is 10.0 Å². The Balaban J connectivity index is 1.53. The van der Waals surface area contributed by atoms with E-state index >= 15 is 0 Å². The molecule has 1 aliphatic heterocycles. The van der Waals surface area contributed by atoms with Crippen molar-refractivity contribution >= 4 is 21.6 Å². The molecular weight excluding hydrogens is 362 g/mol. The van der Waals surface area contributed by atoms with E-state index < -0.39 is 10.0 Å². The fraction of sp³-hybridized carbons (Fsp3) is 0.650. The van der Waals surface area contributed by atoms with Crippen molar-refractivity contribution in [2.75, 3.05) is 10.6 Å². The second kappa shape index (κ2) is 6.78. The fourth-order valence-electron chi connectivity index (χ4n) is 5.51. The zero-order valence-corrected chi connectivity index (χ0v) is 16.8. The average Bonchev–Trinajstić information content (AvgIpc) is 2.90. The van der Waals surface area contributed by atoms with E-state index in [4.69, 9.17) is 5.73 Å². The molecule has 1 aromatic rings. The van der Waals surface area contributed by atoms with E-state index in [-0.39, 0.29) is 24.0 Å². The normalized spacial score (nSPS) is 32.9. The number of rotatable bonds is 3. The SMILES string of the molecule is CC1Cc2cc(C(=O)NC3C4CCCC3CC(N)C4)ccc2N1S(C)(=O)=O. The second-order valence-electron chi connectivity index (χ2n) is 8.64. The lowest BCUT2D eigenvalue weighted by Gasteiger charge is -2.45. The van der Waals surface area contributed by atoms with E-state index in [0.29, 0.717) is 29.5 Å². The van der Waals surface area contributed by atoms with Gasteiger partial charge < -0.3 is 11.1 Å². The molecule has 1 amide bonds. The lowest BCUT2D eigenvalue weighted by Crippen LogP contribution is -2.53. The van der Waals surface area contributed by atoms with Crippen LogP contribution in [0.1, 0.15) is 54.9 Å². The Kier molecular flexibility index (Phi) is 4.71. The molecule has 1 heterocycles. The zero-order chi connectivity index (χ0) is 19.3. The van der Waals surface area contributed by atoms with Gasteiger partial charge in [-0.3, -0.25) is 9.10 Å². The summed E-state index contributed by atoms with van der Waals surface area (Å²) in [5.41, 5.74) is 8.42. The summed E-state index contributed by atoms with van der Waals surface area (Å²) in [6.45, 7) is 1.90. The molecule has 3 N–H and O–H groups in total. The first-order valence-corrected chi connectivity index (χ1v) is 11.8. The first-order valence-electron chi connectivity index (χ1n) is 9.93. The van der Waals surface area contributed by atoms with Crippen LogP contribution in [-0.2, 0) is 16.4 Å². The smallest absolute Gasteiger partial charge is 0.251 e. The van der Waals surface area contributed by atoms with Gasteiger partial charge in [0.15, 0.2) is 0 Å². The predicted molar refractivity (Wildman–Crippen MR) is 106 cm³/mol. The number of benzene rings is 1. The lowest BCUT2D eigenvalue weighted by atomic mass is 9.67. The van der Waals surface area contributed by atoms with Crippen molar-refractivity contribution in [2.45, 2.75) is 63.6 Å². The number of sulfonamides is 1. The van der Waals surface area contributed by atoms with Crippen LogP contribution in [0.5, 0.6) is 0 Å². The molecule has 1 aromatic carbocycles. The minimum absolute atomic E-state index is 0.0550. The summed E-state index contributed by atoms with van der Waals surface area (Å²) in [6, 6.07) is 5.73. The number of hydrogen-bond donors (Lipinski definition) is 2. The Morgan fingerprint density at radius 2 is 1.89 bits per heavy atom. The van der Waals surface area contributed by atoms with Gasteiger partial charge in [0.1, 0.15) is 0 Å². The number of carbonyl (C=O) groups is 1. The van der Waals surface area contributed by atoms with E-state index in [0.717, 1.165) is 31.2 Å². The maximum atomic E-state index is 12.9. The summed E-state index contributed by atoms with van der Waals surface area (Å²) in [6.07, 6.45) is 7.35. The molecule has 0 aromatic heterocycles. The summed E-state index contributed by atoms with van der Waals surface area (Å²) < 4.78 is 25.6. The van der Waals surface area contributed by atoms with Crippen molar-refractivity contribution in [3.63, 3.8) is 0 Å². The van der Waals surface area contributed by atoms with Crippen molar-refractivity contribution in [3.05, 3.63) is 29.3 Å². The van der Waals surface area contributed by atoms with Gasteiger partial charge in [-0.1, -0.05) is 6.42 Å². The van der Waals surface area contributed by atoms with Gasteiger partial charge in [-0.05, 0) is 74.6 Å². The molecule has 2 bridgehead atoms. The third kappa shape index (κ3) is 3.47. The Morgan fingerprint density at radius 3 is 2.52 bits per heavy atom. The van der Waals surface area contributed by atoms with Gasteiger partial charge in [-0.15, -0.1) is 0 Å². The van der Waals surface area contributed by atoms with E-state index in [9.17, 15) is 13.2 Å². The number of anilines is 1. The average molecular weight is 392 g/mol. The molecule has 2 aliphatic carbocycles. The van der Waals surface area contributed by atoms with Gasteiger partial charge in [-0.25, -0.2) is 8.42 Å². The van der Waals surface area contributed by atoms with E-state index in [2.05, 4.69) is 5.32 Å². The van der Waals surface area contributed by atoms with Crippen molar-refractivity contribution in [3.8, 4) is 0 Å². The molecule has 0 radical (unpaired) electrons. The lowest BCUT2D eigenvalue weighted by molar-refractivity contribution is 0.0756. The number of amides is 1. The summed E-state index contributed by atoms with van der Waals surface area (Å²) in [4.78, 5) is 12.9. The Morgan fingerprint density at radius 1 is 1.22 bits per heavy atom. The molecule has 3 aliphatic rings. The standard InChI is InChI=1S/C20H29N3O3S/c1-12-8-16-9-15(6-7-18(16)23(12)27(2,25)26)20(24)22-19-13-4-3-5-14(19)11-17(21)10-13/h6-7,9,12-14,17,19H,3-5,8,10-11,21H2,1-2H3,(H,22,24). The van der Waals surface area contributed by atoms with Crippen LogP contribution in [0.25, 0.3) is 0 Å². The van der Waals surface area contributed by atoms with Crippen molar-refractivity contribution < 1.29 is 13.2 Å². The third-order valence-electron chi connectivity index (χ3n) is 6.53. The summed E-state index contributed by atoms with van der Waals surface area (Å²) in [7, 11) is -3.32. The molecule has 27 heavy (non-hydrogen) atoms.